The van der Waals surface area contributed by atoms with Gasteiger partial charge in [-0.1, -0.05) is 26.2 Å². The van der Waals surface area contributed by atoms with Gasteiger partial charge in [0.2, 0.25) is 0 Å². The van der Waals surface area contributed by atoms with E-state index in [2.05, 4.69) is 6.92 Å². The van der Waals surface area contributed by atoms with Gasteiger partial charge < -0.3 is 10.5 Å². The van der Waals surface area contributed by atoms with Gasteiger partial charge in [-0.3, -0.25) is 4.21 Å². The number of anilines is 1. The van der Waals surface area contributed by atoms with Crippen molar-refractivity contribution in [2.45, 2.75) is 37.5 Å². The number of methoxy groups -OCH3 is 1. The Morgan fingerprint density at radius 3 is 2.71 bits per heavy atom. The van der Waals surface area contributed by atoms with Crippen LogP contribution in [0.2, 0.25) is 0 Å². The van der Waals surface area contributed by atoms with Gasteiger partial charge in [0.15, 0.2) is 0 Å². The second-order valence-corrected chi connectivity index (χ2v) is 5.55. The number of nitrogen functional groups attached to an aromatic ring is 1. The van der Waals surface area contributed by atoms with Crippen LogP contribution >= 0.6 is 0 Å². The molecule has 1 rings (SSSR count). The van der Waals surface area contributed by atoms with Gasteiger partial charge in [-0.05, 0) is 24.6 Å². The Hall–Kier alpha value is -1.03. The number of nitrogens with two attached hydrogens (primary N) is 1. The molecule has 2 N–H and O–H groups in total. The lowest BCUT2D eigenvalue weighted by atomic mass is 10.2. The third-order valence-corrected chi connectivity index (χ3v) is 4.15. The fourth-order valence-corrected chi connectivity index (χ4v) is 2.87. The first-order valence-corrected chi connectivity index (χ1v) is 7.32. The third-order valence-electron chi connectivity index (χ3n) is 2.65. The largest absolute Gasteiger partial charge is 0.497 e. The van der Waals surface area contributed by atoms with Crippen LogP contribution < -0.4 is 10.5 Å². The minimum absolute atomic E-state index is 0.583. The van der Waals surface area contributed by atoms with Gasteiger partial charge >= 0.3 is 0 Å². The molecule has 0 aromatic heterocycles. The molecule has 1 aromatic carbocycles. The summed E-state index contributed by atoms with van der Waals surface area (Å²) in [5, 5.41) is 0. The van der Waals surface area contributed by atoms with Gasteiger partial charge in [0.1, 0.15) is 5.75 Å². The van der Waals surface area contributed by atoms with E-state index in [1.807, 2.05) is 0 Å². The van der Waals surface area contributed by atoms with Gasteiger partial charge in [-0.25, -0.2) is 0 Å². The summed E-state index contributed by atoms with van der Waals surface area (Å²) < 4.78 is 17.2. The quantitative estimate of drug-likeness (QED) is 0.602. The number of rotatable bonds is 7. The molecule has 0 saturated heterocycles. The maximum absolute atomic E-state index is 12.1. The number of hydrogen-bond acceptors (Lipinski definition) is 3. The molecule has 1 aromatic rings. The van der Waals surface area contributed by atoms with E-state index in [4.69, 9.17) is 10.5 Å². The van der Waals surface area contributed by atoms with E-state index in [1.54, 1.807) is 25.3 Å². The molecule has 0 aliphatic heterocycles. The molecule has 0 saturated carbocycles. The van der Waals surface area contributed by atoms with E-state index < -0.39 is 10.8 Å². The van der Waals surface area contributed by atoms with E-state index in [9.17, 15) is 4.21 Å². The first kappa shape index (κ1) is 14.0. The highest BCUT2D eigenvalue weighted by Crippen LogP contribution is 2.23. The van der Waals surface area contributed by atoms with Crippen molar-refractivity contribution >= 4 is 16.5 Å². The lowest BCUT2D eigenvalue weighted by Crippen LogP contribution is -2.02. The predicted octanol–water partition coefficient (Wildman–Crippen LogP) is 2.97. The lowest BCUT2D eigenvalue weighted by Gasteiger charge is -2.08. The number of unbranched alkanes of at least 4 members (excludes halogenated alkanes) is 3. The molecule has 0 heterocycles. The van der Waals surface area contributed by atoms with Crippen molar-refractivity contribution in [3.05, 3.63) is 18.2 Å². The highest BCUT2D eigenvalue weighted by atomic mass is 32.2. The maximum atomic E-state index is 12.1. The maximum Gasteiger partial charge on any atom is 0.120 e. The fraction of sp³-hybridized carbons (Fsp3) is 0.538. The summed E-state index contributed by atoms with van der Waals surface area (Å²) in [5.41, 5.74) is 6.41. The van der Waals surface area contributed by atoms with Crippen LogP contribution in [0.1, 0.15) is 32.6 Å². The molecular weight excluding hydrogens is 234 g/mol. The Morgan fingerprint density at radius 1 is 1.29 bits per heavy atom. The summed E-state index contributed by atoms with van der Waals surface area (Å²) in [6.45, 7) is 2.16. The van der Waals surface area contributed by atoms with Crippen LogP contribution in [-0.4, -0.2) is 17.1 Å². The van der Waals surface area contributed by atoms with Crippen LogP contribution in [0.25, 0.3) is 0 Å². The molecule has 0 spiro atoms. The Balaban J connectivity index is 2.61. The molecule has 96 valence electrons. The average molecular weight is 255 g/mol. The SMILES string of the molecule is CCCCCCS(=O)c1cc(OC)ccc1N. The molecule has 17 heavy (non-hydrogen) atoms. The van der Waals surface area contributed by atoms with Crippen molar-refractivity contribution in [3.8, 4) is 5.75 Å². The molecule has 1 atom stereocenters. The summed E-state index contributed by atoms with van der Waals surface area (Å²) >= 11 is 0. The van der Waals surface area contributed by atoms with Crippen LogP contribution in [0.3, 0.4) is 0 Å². The van der Waals surface area contributed by atoms with Gasteiger partial charge in [-0.2, -0.15) is 0 Å². The first-order chi connectivity index (χ1) is 8.19. The van der Waals surface area contributed by atoms with Crippen LogP contribution in [0.15, 0.2) is 23.1 Å². The zero-order valence-electron chi connectivity index (χ0n) is 10.6. The second-order valence-electron chi connectivity index (χ2n) is 4.01. The van der Waals surface area contributed by atoms with E-state index >= 15 is 0 Å². The van der Waals surface area contributed by atoms with E-state index in [-0.39, 0.29) is 0 Å². The zero-order chi connectivity index (χ0) is 12.7. The van der Waals surface area contributed by atoms with Crippen LogP contribution in [0.5, 0.6) is 5.75 Å². The van der Waals surface area contributed by atoms with Crippen molar-refractivity contribution in [2.75, 3.05) is 18.6 Å². The minimum atomic E-state index is -1.02. The highest BCUT2D eigenvalue weighted by Gasteiger charge is 2.09. The minimum Gasteiger partial charge on any atom is -0.497 e. The molecule has 0 aliphatic rings. The van der Waals surface area contributed by atoms with Crippen LogP contribution in [-0.2, 0) is 10.8 Å². The molecule has 0 fully saturated rings. The molecule has 3 nitrogen and oxygen atoms in total. The van der Waals surface area contributed by atoms with Gasteiger partial charge in [0.25, 0.3) is 0 Å². The average Bonchev–Trinajstić information content (AvgIpc) is 2.35. The summed E-state index contributed by atoms with van der Waals surface area (Å²) in [6, 6.07) is 5.30. The Labute approximate surface area is 106 Å². The Morgan fingerprint density at radius 2 is 2.06 bits per heavy atom. The highest BCUT2D eigenvalue weighted by molar-refractivity contribution is 7.85. The zero-order valence-corrected chi connectivity index (χ0v) is 11.4. The second kappa shape index (κ2) is 7.33. The van der Waals surface area contributed by atoms with Gasteiger partial charge in [0.05, 0.1) is 22.8 Å². The predicted molar refractivity (Wildman–Crippen MR) is 72.8 cm³/mol. The van der Waals surface area contributed by atoms with Gasteiger partial charge in [0, 0.05) is 11.4 Å². The molecule has 1 unspecified atom stereocenters. The molecule has 0 amide bonds. The normalized spacial score (nSPS) is 12.4. The molecular formula is C13H21NO2S. The molecule has 0 bridgehead atoms. The molecule has 0 radical (unpaired) electrons. The monoisotopic (exact) mass is 255 g/mol. The van der Waals surface area contributed by atoms with E-state index in [1.165, 1.54) is 12.8 Å². The topological polar surface area (TPSA) is 52.3 Å². The Bertz CT molecular complexity index is 380. The van der Waals surface area contributed by atoms with Crippen LogP contribution in [0.4, 0.5) is 5.69 Å². The third kappa shape index (κ3) is 4.38. The van der Waals surface area contributed by atoms with Crippen LogP contribution in [0, 0.1) is 0 Å². The van der Waals surface area contributed by atoms with Crippen molar-refractivity contribution in [1.82, 2.24) is 0 Å². The van der Waals surface area contributed by atoms with Crippen molar-refractivity contribution < 1.29 is 8.95 Å². The number of benzene rings is 1. The van der Waals surface area contributed by atoms with E-state index in [0.717, 1.165) is 12.8 Å². The number of ether oxygens (including phenoxy) is 1. The van der Waals surface area contributed by atoms with Crippen molar-refractivity contribution in [2.24, 2.45) is 0 Å². The summed E-state index contributed by atoms with van der Waals surface area (Å²) in [5.74, 6) is 1.38. The van der Waals surface area contributed by atoms with Gasteiger partial charge in [-0.15, -0.1) is 0 Å². The van der Waals surface area contributed by atoms with E-state index in [0.29, 0.717) is 22.1 Å². The smallest absolute Gasteiger partial charge is 0.120 e. The summed E-state index contributed by atoms with van der Waals surface area (Å²) in [6.07, 6.45) is 4.50. The number of hydrogen-bond donors (Lipinski definition) is 1. The lowest BCUT2D eigenvalue weighted by molar-refractivity contribution is 0.413. The Kier molecular flexibility index (Phi) is 6.05. The molecule has 4 heteroatoms. The van der Waals surface area contributed by atoms with Crippen molar-refractivity contribution in [3.63, 3.8) is 0 Å². The standard InChI is InChI=1S/C13H21NO2S/c1-3-4-5-6-9-17(15)13-10-11(16-2)7-8-12(13)14/h7-8,10H,3-6,9,14H2,1-2H3. The summed E-state index contributed by atoms with van der Waals surface area (Å²) in [4.78, 5) is 0.695. The fourth-order valence-electron chi connectivity index (χ4n) is 1.61. The summed E-state index contributed by atoms with van der Waals surface area (Å²) in [7, 11) is 0.581. The first-order valence-electron chi connectivity index (χ1n) is 6.01. The molecule has 0 aliphatic carbocycles. The van der Waals surface area contributed by atoms with Crippen molar-refractivity contribution in [1.29, 1.82) is 0 Å².